The van der Waals surface area contributed by atoms with Crippen LogP contribution < -0.4 is 5.32 Å². The van der Waals surface area contributed by atoms with Crippen molar-refractivity contribution in [3.05, 3.63) is 11.9 Å². The summed E-state index contributed by atoms with van der Waals surface area (Å²) in [6.07, 6.45) is 5.24. The Balaban J connectivity index is 1.90. The topological polar surface area (TPSA) is 62.8 Å². The molecular formula is C10H18N4O. The van der Waals surface area contributed by atoms with Crippen molar-refractivity contribution in [3.8, 4) is 0 Å². The summed E-state index contributed by atoms with van der Waals surface area (Å²) in [4.78, 5) is 0. The molecule has 1 aliphatic rings. The molecule has 0 aliphatic carbocycles. The highest BCUT2D eigenvalue weighted by Gasteiger charge is 2.20. The quantitative estimate of drug-likeness (QED) is 0.774. The van der Waals surface area contributed by atoms with Crippen molar-refractivity contribution in [3.63, 3.8) is 0 Å². The molecule has 2 N–H and O–H groups in total. The third-order valence-electron chi connectivity index (χ3n) is 3.05. The third kappa shape index (κ3) is 2.76. The average Bonchev–Trinajstić information content (AvgIpc) is 2.81. The van der Waals surface area contributed by atoms with Gasteiger partial charge in [0.1, 0.15) is 0 Å². The van der Waals surface area contributed by atoms with E-state index in [1.807, 2.05) is 7.05 Å². The van der Waals surface area contributed by atoms with E-state index in [1.54, 1.807) is 6.20 Å². The minimum absolute atomic E-state index is 0.312. The molecule has 1 aromatic heterocycles. The third-order valence-corrected chi connectivity index (χ3v) is 3.05. The molecule has 1 unspecified atom stereocenters. The van der Waals surface area contributed by atoms with E-state index in [2.05, 4.69) is 20.7 Å². The molecule has 1 fully saturated rings. The van der Waals surface area contributed by atoms with Gasteiger partial charge in [0.05, 0.1) is 17.9 Å². The van der Waals surface area contributed by atoms with Gasteiger partial charge in [-0.15, -0.1) is 0 Å². The first-order valence-electron chi connectivity index (χ1n) is 5.51. The number of ether oxygens (including phenoxy) is 1. The molecule has 1 aliphatic heterocycles. The fraction of sp³-hybridized carbons (Fsp3) is 0.800. The first-order valence-corrected chi connectivity index (χ1v) is 5.51. The number of aromatic amines is 1. The molecule has 84 valence electrons. The summed E-state index contributed by atoms with van der Waals surface area (Å²) in [5.74, 6) is 0.743. The van der Waals surface area contributed by atoms with Crippen LogP contribution in [0, 0.1) is 5.92 Å². The Bertz CT molecular complexity index is 269. The van der Waals surface area contributed by atoms with E-state index in [-0.39, 0.29) is 0 Å². The lowest BCUT2D eigenvalue weighted by atomic mass is 9.91. The molecule has 2 rings (SSSR count). The van der Waals surface area contributed by atoms with Crippen LogP contribution in [0.2, 0.25) is 0 Å². The minimum Gasteiger partial charge on any atom is -0.381 e. The Kier molecular flexibility index (Phi) is 3.69. The molecule has 0 radical (unpaired) electrons. The molecule has 0 aromatic carbocycles. The van der Waals surface area contributed by atoms with E-state index in [0.29, 0.717) is 6.04 Å². The highest BCUT2D eigenvalue weighted by Crippen LogP contribution is 2.25. The number of H-pyrrole nitrogens is 1. The van der Waals surface area contributed by atoms with Gasteiger partial charge in [-0.3, -0.25) is 0 Å². The Morgan fingerprint density at radius 3 is 3.00 bits per heavy atom. The average molecular weight is 210 g/mol. The van der Waals surface area contributed by atoms with Crippen LogP contribution in [0.1, 0.15) is 31.0 Å². The van der Waals surface area contributed by atoms with Gasteiger partial charge in [0, 0.05) is 13.2 Å². The monoisotopic (exact) mass is 210 g/mol. The smallest absolute Gasteiger partial charge is 0.0993 e. The molecule has 1 atom stereocenters. The van der Waals surface area contributed by atoms with Gasteiger partial charge in [0.2, 0.25) is 0 Å². The number of rotatable bonds is 4. The molecule has 1 aromatic rings. The maximum atomic E-state index is 5.35. The van der Waals surface area contributed by atoms with Gasteiger partial charge in [-0.1, -0.05) is 0 Å². The van der Waals surface area contributed by atoms with E-state index in [9.17, 15) is 0 Å². The summed E-state index contributed by atoms with van der Waals surface area (Å²) in [5.41, 5.74) is 1.00. The van der Waals surface area contributed by atoms with Crippen LogP contribution in [-0.4, -0.2) is 35.7 Å². The van der Waals surface area contributed by atoms with E-state index in [1.165, 1.54) is 0 Å². The van der Waals surface area contributed by atoms with Gasteiger partial charge in [-0.25, -0.2) is 0 Å². The van der Waals surface area contributed by atoms with Crippen molar-refractivity contribution in [1.82, 2.24) is 20.7 Å². The second kappa shape index (κ2) is 5.23. The van der Waals surface area contributed by atoms with Crippen LogP contribution >= 0.6 is 0 Å². The van der Waals surface area contributed by atoms with Crippen LogP contribution in [-0.2, 0) is 4.74 Å². The minimum atomic E-state index is 0.312. The number of nitrogens with zero attached hydrogens (tertiary/aromatic N) is 2. The summed E-state index contributed by atoms with van der Waals surface area (Å²) >= 11 is 0. The van der Waals surface area contributed by atoms with Crippen LogP contribution in [0.3, 0.4) is 0 Å². The second-order valence-corrected chi connectivity index (χ2v) is 4.03. The maximum absolute atomic E-state index is 5.35. The molecular weight excluding hydrogens is 192 g/mol. The van der Waals surface area contributed by atoms with Crippen LogP contribution in [0.15, 0.2) is 6.20 Å². The zero-order chi connectivity index (χ0) is 10.5. The molecule has 0 spiro atoms. The first kappa shape index (κ1) is 10.6. The van der Waals surface area contributed by atoms with E-state index >= 15 is 0 Å². The van der Waals surface area contributed by atoms with E-state index < -0.39 is 0 Å². The predicted octanol–water partition coefficient (Wildman–Crippen LogP) is 0.882. The standard InChI is InChI=1S/C10H18N4O/c1-11-9(10-7-12-14-13-10)6-8-2-4-15-5-3-8/h7-9,11H,2-6H2,1H3,(H,12,13,14). The largest absolute Gasteiger partial charge is 0.381 e. The fourth-order valence-corrected chi connectivity index (χ4v) is 2.08. The Morgan fingerprint density at radius 1 is 1.60 bits per heavy atom. The molecule has 0 saturated carbocycles. The van der Waals surface area contributed by atoms with Gasteiger partial charge in [-0.2, -0.15) is 15.4 Å². The van der Waals surface area contributed by atoms with Crippen LogP contribution in [0.25, 0.3) is 0 Å². The normalized spacial score (nSPS) is 20.3. The lowest BCUT2D eigenvalue weighted by molar-refractivity contribution is 0.0606. The summed E-state index contributed by atoms with van der Waals surface area (Å²) < 4.78 is 5.35. The highest BCUT2D eigenvalue weighted by molar-refractivity contribution is 4.99. The van der Waals surface area contributed by atoms with Crippen molar-refractivity contribution in [2.45, 2.75) is 25.3 Å². The van der Waals surface area contributed by atoms with Gasteiger partial charge < -0.3 is 10.1 Å². The maximum Gasteiger partial charge on any atom is 0.0993 e. The molecule has 15 heavy (non-hydrogen) atoms. The number of hydrogen-bond donors (Lipinski definition) is 2. The molecule has 2 heterocycles. The molecule has 1 saturated heterocycles. The van der Waals surface area contributed by atoms with Crippen molar-refractivity contribution >= 4 is 0 Å². The van der Waals surface area contributed by atoms with E-state index in [4.69, 9.17) is 4.74 Å². The highest BCUT2D eigenvalue weighted by atomic mass is 16.5. The lowest BCUT2D eigenvalue weighted by Crippen LogP contribution is -2.24. The first-order chi connectivity index (χ1) is 7.40. The van der Waals surface area contributed by atoms with Crippen molar-refractivity contribution < 1.29 is 4.74 Å². The fourth-order valence-electron chi connectivity index (χ4n) is 2.08. The van der Waals surface area contributed by atoms with Crippen molar-refractivity contribution in [2.75, 3.05) is 20.3 Å². The SMILES string of the molecule is CNC(CC1CCOCC1)c1cn[nH]n1. The molecule has 0 amide bonds. The van der Waals surface area contributed by atoms with Crippen LogP contribution in [0.5, 0.6) is 0 Å². The van der Waals surface area contributed by atoms with Gasteiger partial charge in [0.15, 0.2) is 0 Å². The molecule has 5 heteroatoms. The Labute approximate surface area is 89.6 Å². The summed E-state index contributed by atoms with van der Waals surface area (Å²) in [5, 5.41) is 13.9. The zero-order valence-electron chi connectivity index (χ0n) is 9.07. The molecule has 0 bridgehead atoms. The number of hydrogen-bond acceptors (Lipinski definition) is 4. The Morgan fingerprint density at radius 2 is 2.40 bits per heavy atom. The predicted molar refractivity (Wildman–Crippen MR) is 56.3 cm³/mol. The zero-order valence-corrected chi connectivity index (χ0v) is 9.07. The van der Waals surface area contributed by atoms with Crippen molar-refractivity contribution in [1.29, 1.82) is 0 Å². The lowest BCUT2D eigenvalue weighted by Gasteiger charge is -2.25. The summed E-state index contributed by atoms with van der Waals surface area (Å²) in [6.45, 7) is 1.81. The second-order valence-electron chi connectivity index (χ2n) is 4.03. The summed E-state index contributed by atoms with van der Waals surface area (Å²) in [7, 11) is 1.97. The van der Waals surface area contributed by atoms with E-state index in [0.717, 1.165) is 44.1 Å². The number of nitrogens with one attached hydrogen (secondary N) is 2. The van der Waals surface area contributed by atoms with Gasteiger partial charge >= 0.3 is 0 Å². The number of aromatic nitrogens is 3. The summed E-state index contributed by atoms with van der Waals surface area (Å²) in [6, 6.07) is 0.312. The van der Waals surface area contributed by atoms with Crippen LogP contribution in [0.4, 0.5) is 0 Å². The van der Waals surface area contributed by atoms with Gasteiger partial charge in [-0.05, 0) is 32.2 Å². The molecule has 5 nitrogen and oxygen atoms in total. The van der Waals surface area contributed by atoms with Crippen molar-refractivity contribution in [2.24, 2.45) is 5.92 Å². The van der Waals surface area contributed by atoms with Gasteiger partial charge in [0.25, 0.3) is 0 Å². The Hall–Kier alpha value is -0.940.